The Labute approximate surface area is 63.5 Å². The molecule has 1 aromatic rings. The van der Waals surface area contributed by atoms with Crippen molar-refractivity contribution >= 4 is 6.20 Å². The molecule has 11 heavy (non-hydrogen) atoms. The topological polar surface area (TPSA) is 48.0 Å². The first-order valence-corrected chi connectivity index (χ1v) is 3.09. The summed E-state index contributed by atoms with van der Waals surface area (Å²) in [4.78, 5) is 10.8. The Kier molecular flexibility index (Phi) is 2.06. The number of hydrogen-bond acceptors (Lipinski definition) is 3. The van der Waals surface area contributed by atoms with Crippen molar-refractivity contribution in [2.45, 2.75) is 6.92 Å². The molecule has 0 bridgehead atoms. The molecule has 0 radical (unpaired) electrons. The molecule has 4 nitrogen and oxygen atoms in total. The highest BCUT2D eigenvalue weighted by atomic mass is 16.4. The van der Waals surface area contributed by atoms with E-state index < -0.39 is 5.76 Å². The summed E-state index contributed by atoms with van der Waals surface area (Å²) in [5, 5.41) is 3.75. The van der Waals surface area contributed by atoms with Gasteiger partial charge in [0.25, 0.3) is 0 Å². The van der Waals surface area contributed by atoms with Crippen molar-refractivity contribution in [3.8, 4) is 0 Å². The summed E-state index contributed by atoms with van der Waals surface area (Å²) in [6.45, 7) is 5.06. The Hall–Kier alpha value is -1.58. The minimum absolute atomic E-state index is 0.351. The van der Waals surface area contributed by atoms with Crippen LogP contribution >= 0.6 is 0 Å². The molecule has 0 unspecified atom stereocenters. The van der Waals surface area contributed by atoms with Crippen LogP contribution in [-0.4, -0.2) is 9.78 Å². The Bertz CT molecular complexity index is 332. The number of nitrogens with zero attached hydrogens (tertiary/aromatic N) is 2. The third kappa shape index (κ3) is 1.67. The van der Waals surface area contributed by atoms with Crippen molar-refractivity contribution in [3.05, 3.63) is 35.2 Å². The molecule has 0 amide bonds. The summed E-state index contributed by atoms with van der Waals surface area (Å²) in [7, 11) is 0. The highest BCUT2D eigenvalue weighted by molar-refractivity contribution is 5.23. The molecular weight excluding hydrogens is 144 g/mol. The van der Waals surface area contributed by atoms with Gasteiger partial charge < -0.3 is 4.42 Å². The molecule has 0 aliphatic carbocycles. The molecule has 0 atom stereocenters. The van der Waals surface area contributed by atoms with Gasteiger partial charge in [0.15, 0.2) is 0 Å². The molecule has 1 rings (SSSR count). The first kappa shape index (κ1) is 7.53. The Morgan fingerprint density at radius 2 is 2.45 bits per heavy atom. The summed E-state index contributed by atoms with van der Waals surface area (Å²) in [6, 6.07) is 0. The fourth-order valence-electron chi connectivity index (χ4n) is 0.623. The normalized spacial score (nSPS) is 10.6. The Morgan fingerprint density at radius 3 is 2.91 bits per heavy atom. The number of allylic oxidation sites excluding steroid dienone is 2. The zero-order chi connectivity index (χ0) is 8.27. The van der Waals surface area contributed by atoms with E-state index in [0.29, 0.717) is 5.89 Å². The maximum atomic E-state index is 10.8. The van der Waals surface area contributed by atoms with Gasteiger partial charge in [-0.25, -0.2) is 4.79 Å². The molecular formula is C7H8N2O2. The van der Waals surface area contributed by atoms with Crippen molar-refractivity contribution in [2.24, 2.45) is 0 Å². The van der Waals surface area contributed by atoms with E-state index in [9.17, 15) is 4.79 Å². The third-order valence-corrected chi connectivity index (χ3v) is 1.03. The maximum Gasteiger partial charge on any atom is 0.441 e. The van der Waals surface area contributed by atoms with Crippen LogP contribution in [0.5, 0.6) is 0 Å². The van der Waals surface area contributed by atoms with Crippen LogP contribution in [-0.2, 0) is 0 Å². The standard InChI is InChI=1S/C7H8N2O2/c1-3-4-5-9-7(10)11-6(2)8-9/h3-5H,1H2,2H3/b5-4+. The zero-order valence-electron chi connectivity index (χ0n) is 6.15. The molecule has 0 N–H and O–H groups in total. The highest BCUT2D eigenvalue weighted by Crippen LogP contribution is 1.86. The number of aryl methyl sites for hydroxylation is 1. The van der Waals surface area contributed by atoms with Gasteiger partial charge in [-0.3, -0.25) is 0 Å². The minimum Gasteiger partial charge on any atom is -0.392 e. The van der Waals surface area contributed by atoms with Gasteiger partial charge in [-0.15, -0.1) is 5.10 Å². The molecule has 4 heteroatoms. The van der Waals surface area contributed by atoms with Gasteiger partial charge in [0, 0.05) is 13.1 Å². The largest absolute Gasteiger partial charge is 0.441 e. The molecule has 58 valence electrons. The molecule has 1 aromatic heterocycles. The van der Waals surface area contributed by atoms with Crippen molar-refractivity contribution in [3.63, 3.8) is 0 Å². The Balaban J connectivity index is 3.03. The summed E-state index contributed by atoms with van der Waals surface area (Å²) in [6.07, 6.45) is 4.63. The summed E-state index contributed by atoms with van der Waals surface area (Å²) in [5.74, 6) is -0.135. The van der Waals surface area contributed by atoms with Gasteiger partial charge in [-0.1, -0.05) is 12.7 Å². The van der Waals surface area contributed by atoms with E-state index in [4.69, 9.17) is 0 Å². The first-order valence-electron chi connectivity index (χ1n) is 3.09. The smallest absolute Gasteiger partial charge is 0.392 e. The predicted molar refractivity (Wildman–Crippen MR) is 41.0 cm³/mol. The summed E-state index contributed by atoms with van der Waals surface area (Å²) < 4.78 is 5.73. The number of aromatic nitrogens is 2. The molecule has 1 heterocycles. The lowest BCUT2D eigenvalue weighted by molar-refractivity contribution is 0.479. The van der Waals surface area contributed by atoms with E-state index in [1.54, 1.807) is 19.1 Å². The van der Waals surface area contributed by atoms with Gasteiger partial charge in [-0.05, 0) is 6.08 Å². The second-order valence-electron chi connectivity index (χ2n) is 1.91. The second kappa shape index (κ2) is 3.01. The quantitative estimate of drug-likeness (QED) is 0.589. The molecule has 0 aromatic carbocycles. The van der Waals surface area contributed by atoms with Crippen LogP contribution in [0, 0.1) is 6.92 Å². The van der Waals surface area contributed by atoms with Crippen LogP contribution in [0.1, 0.15) is 5.89 Å². The first-order chi connectivity index (χ1) is 5.24. The van der Waals surface area contributed by atoms with Gasteiger partial charge in [0.2, 0.25) is 5.89 Å². The average Bonchev–Trinajstić information content (AvgIpc) is 2.26. The fourth-order valence-corrected chi connectivity index (χ4v) is 0.623. The van der Waals surface area contributed by atoms with Crippen LogP contribution in [0.3, 0.4) is 0 Å². The molecule has 0 aliphatic rings. The molecule has 0 spiro atoms. The lowest BCUT2D eigenvalue weighted by atomic mass is 10.6. The molecule has 0 fully saturated rings. The van der Waals surface area contributed by atoms with E-state index in [2.05, 4.69) is 16.1 Å². The average molecular weight is 152 g/mol. The molecule has 0 saturated carbocycles. The van der Waals surface area contributed by atoms with Gasteiger partial charge in [0.1, 0.15) is 0 Å². The van der Waals surface area contributed by atoms with Crippen molar-refractivity contribution < 1.29 is 4.42 Å². The van der Waals surface area contributed by atoms with Crippen molar-refractivity contribution in [1.82, 2.24) is 9.78 Å². The molecule has 0 saturated heterocycles. The van der Waals surface area contributed by atoms with Gasteiger partial charge in [0.05, 0.1) is 0 Å². The number of rotatable bonds is 2. The molecule has 0 aliphatic heterocycles. The van der Waals surface area contributed by atoms with Crippen LogP contribution in [0.4, 0.5) is 0 Å². The van der Waals surface area contributed by atoms with E-state index >= 15 is 0 Å². The van der Waals surface area contributed by atoms with E-state index in [1.165, 1.54) is 6.20 Å². The second-order valence-corrected chi connectivity index (χ2v) is 1.91. The predicted octanol–water partition coefficient (Wildman–Crippen LogP) is 0.801. The van der Waals surface area contributed by atoms with Crippen molar-refractivity contribution in [2.75, 3.05) is 0 Å². The maximum absolute atomic E-state index is 10.8. The number of hydrogen-bond donors (Lipinski definition) is 0. The minimum atomic E-state index is -0.486. The van der Waals surface area contributed by atoms with Crippen LogP contribution in [0.25, 0.3) is 6.20 Å². The van der Waals surface area contributed by atoms with Crippen molar-refractivity contribution in [1.29, 1.82) is 0 Å². The van der Waals surface area contributed by atoms with Crippen LogP contribution in [0.15, 0.2) is 27.9 Å². The monoisotopic (exact) mass is 152 g/mol. The third-order valence-electron chi connectivity index (χ3n) is 1.03. The fraction of sp³-hybridized carbons (Fsp3) is 0.143. The van der Waals surface area contributed by atoms with Gasteiger partial charge >= 0.3 is 5.76 Å². The van der Waals surface area contributed by atoms with E-state index in [0.717, 1.165) is 4.68 Å². The van der Waals surface area contributed by atoms with Gasteiger partial charge in [-0.2, -0.15) is 4.68 Å². The highest BCUT2D eigenvalue weighted by Gasteiger charge is 1.97. The van der Waals surface area contributed by atoms with E-state index in [-0.39, 0.29) is 0 Å². The van der Waals surface area contributed by atoms with Crippen LogP contribution < -0.4 is 5.76 Å². The SMILES string of the molecule is C=C/C=C/n1nc(C)oc1=O. The Morgan fingerprint density at radius 1 is 1.73 bits per heavy atom. The summed E-state index contributed by atoms with van der Waals surface area (Å²) >= 11 is 0. The van der Waals surface area contributed by atoms with Crippen LogP contribution in [0.2, 0.25) is 0 Å². The lowest BCUT2D eigenvalue weighted by Gasteiger charge is -1.80. The lowest BCUT2D eigenvalue weighted by Crippen LogP contribution is -2.08. The van der Waals surface area contributed by atoms with E-state index in [1.807, 2.05) is 0 Å². The summed E-state index contributed by atoms with van der Waals surface area (Å²) in [5.41, 5.74) is 0. The zero-order valence-corrected chi connectivity index (χ0v) is 6.15.